The van der Waals surface area contributed by atoms with Crippen molar-refractivity contribution >= 4 is 16.8 Å². The quantitative estimate of drug-likeness (QED) is 0.745. The molecule has 84 valence electrons. The summed E-state index contributed by atoms with van der Waals surface area (Å²) in [6.07, 6.45) is -4.37. The molecule has 7 heteroatoms. The molecule has 0 N–H and O–H groups in total. The molecule has 0 aliphatic heterocycles. The molecule has 0 unspecified atom stereocenters. The van der Waals surface area contributed by atoms with Crippen molar-refractivity contribution in [2.45, 2.75) is 26.6 Å². The van der Waals surface area contributed by atoms with Gasteiger partial charge in [0.05, 0.1) is 11.3 Å². The smallest absolute Gasteiger partial charge is 0.275 e. The minimum atomic E-state index is -4.37. The van der Waals surface area contributed by atoms with Crippen molar-refractivity contribution in [2.24, 2.45) is 0 Å². The lowest BCUT2D eigenvalue weighted by Crippen LogP contribution is -2.19. The largest absolute Gasteiger partial charge is 0.408 e. The van der Waals surface area contributed by atoms with Gasteiger partial charge in [0.1, 0.15) is 6.54 Å². The molecule has 1 aromatic heterocycles. The van der Waals surface area contributed by atoms with Crippen LogP contribution in [0.2, 0.25) is 0 Å². The van der Waals surface area contributed by atoms with E-state index >= 15 is 0 Å². The summed E-state index contributed by atoms with van der Waals surface area (Å²) in [7, 11) is 0. The normalized spacial score (nSPS) is 11.9. The maximum absolute atomic E-state index is 12.1. The van der Waals surface area contributed by atoms with E-state index in [1.807, 2.05) is 0 Å². The third-order valence-electron chi connectivity index (χ3n) is 1.91. The molecule has 1 heterocycles. The molecule has 0 saturated carbocycles. The van der Waals surface area contributed by atoms with Crippen molar-refractivity contribution in [1.29, 1.82) is 0 Å². The molecule has 3 nitrogen and oxygen atoms in total. The van der Waals surface area contributed by atoms with Gasteiger partial charge in [-0.1, -0.05) is 0 Å². The third kappa shape index (κ3) is 2.71. The molecule has 0 amide bonds. The summed E-state index contributed by atoms with van der Waals surface area (Å²) < 4.78 is 37.0. The van der Waals surface area contributed by atoms with Crippen LogP contribution in [0.1, 0.15) is 21.7 Å². The molecule has 0 saturated heterocycles. The van der Waals surface area contributed by atoms with Crippen molar-refractivity contribution in [3.8, 4) is 0 Å². The number of nitrogens with zero attached hydrogens (tertiary/aromatic N) is 2. The van der Waals surface area contributed by atoms with Crippen LogP contribution >= 0.6 is 11.6 Å². The fourth-order valence-corrected chi connectivity index (χ4v) is 1.58. The van der Waals surface area contributed by atoms with Crippen molar-refractivity contribution in [3.05, 3.63) is 17.0 Å². The minimum Gasteiger partial charge on any atom is -0.275 e. The lowest BCUT2D eigenvalue weighted by Gasteiger charge is -2.07. The summed E-state index contributed by atoms with van der Waals surface area (Å²) in [5, 5.41) is 2.82. The number of hydrogen-bond donors (Lipinski definition) is 0. The molecular formula is C8H8ClF3N2O. The monoisotopic (exact) mass is 240 g/mol. The number of halogens is 4. The van der Waals surface area contributed by atoms with Gasteiger partial charge in [-0.15, -0.1) is 0 Å². The molecule has 1 aromatic rings. The molecular weight excluding hydrogens is 233 g/mol. The first kappa shape index (κ1) is 12.0. The van der Waals surface area contributed by atoms with Crippen LogP contribution in [0.5, 0.6) is 0 Å². The van der Waals surface area contributed by atoms with E-state index in [0.717, 1.165) is 4.68 Å². The lowest BCUT2D eigenvalue weighted by molar-refractivity contribution is -0.142. The van der Waals surface area contributed by atoms with Crippen LogP contribution in [0.25, 0.3) is 0 Å². The van der Waals surface area contributed by atoms with Crippen molar-refractivity contribution in [3.63, 3.8) is 0 Å². The fourth-order valence-electron chi connectivity index (χ4n) is 1.31. The topological polar surface area (TPSA) is 34.9 Å². The van der Waals surface area contributed by atoms with Gasteiger partial charge in [0.15, 0.2) is 0 Å². The zero-order valence-electron chi connectivity index (χ0n) is 8.02. The second kappa shape index (κ2) is 3.84. The zero-order valence-corrected chi connectivity index (χ0v) is 8.78. The van der Waals surface area contributed by atoms with E-state index in [4.69, 9.17) is 11.6 Å². The Morgan fingerprint density at radius 2 is 2.00 bits per heavy atom. The van der Waals surface area contributed by atoms with Gasteiger partial charge in [-0.3, -0.25) is 9.48 Å². The Morgan fingerprint density at radius 1 is 1.47 bits per heavy atom. The summed E-state index contributed by atoms with van der Waals surface area (Å²) in [5.41, 5.74) is 0.377. The maximum Gasteiger partial charge on any atom is 0.408 e. The summed E-state index contributed by atoms with van der Waals surface area (Å²) in [4.78, 5) is 10.9. The molecule has 0 aliphatic carbocycles. The number of aromatic nitrogens is 2. The van der Waals surface area contributed by atoms with Crippen LogP contribution in [0.15, 0.2) is 0 Å². The second-order valence-electron chi connectivity index (χ2n) is 3.09. The molecule has 0 radical (unpaired) electrons. The SMILES string of the molecule is Cc1nn(CC(F)(F)F)c(C)c1C(=O)Cl. The van der Waals surface area contributed by atoms with Crippen LogP contribution < -0.4 is 0 Å². The van der Waals surface area contributed by atoms with Crippen molar-refractivity contribution in [2.75, 3.05) is 0 Å². The highest BCUT2D eigenvalue weighted by Gasteiger charge is 2.30. The Bertz CT molecular complexity index is 397. The Labute approximate surface area is 88.8 Å². The molecule has 0 atom stereocenters. The number of aryl methyl sites for hydroxylation is 1. The Hall–Kier alpha value is -1.04. The highest BCUT2D eigenvalue weighted by molar-refractivity contribution is 6.68. The van der Waals surface area contributed by atoms with Crippen LogP contribution in [0.4, 0.5) is 13.2 Å². The number of alkyl halides is 3. The number of rotatable bonds is 2. The van der Waals surface area contributed by atoms with E-state index in [0.29, 0.717) is 0 Å². The molecule has 0 spiro atoms. The van der Waals surface area contributed by atoms with Crippen LogP contribution in [-0.4, -0.2) is 21.2 Å². The van der Waals surface area contributed by atoms with Gasteiger partial charge < -0.3 is 0 Å². The molecule has 0 aliphatic rings. The fraction of sp³-hybridized carbons (Fsp3) is 0.500. The Balaban J connectivity index is 3.13. The first-order chi connectivity index (χ1) is 6.72. The Morgan fingerprint density at radius 3 is 2.33 bits per heavy atom. The summed E-state index contributed by atoms with van der Waals surface area (Å²) in [6, 6.07) is 0. The molecule has 1 rings (SSSR count). The van der Waals surface area contributed by atoms with Gasteiger partial charge in [-0.25, -0.2) is 0 Å². The minimum absolute atomic E-state index is 0.0425. The first-order valence-corrected chi connectivity index (χ1v) is 4.41. The third-order valence-corrected chi connectivity index (χ3v) is 2.10. The van der Waals surface area contributed by atoms with Gasteiger partial charge in [-0.05, 0) is 25.4 Å². The maximum atomic E-state index is 12.1. The lowest BCUT2D eigenvalue weighted by atomic mass is 10.2. The zero-order chi connectivity index (χ0) is 11.8. The molecule has 15 heavy (non-hydrogen) atoms. The Kier molecular flexibility index (Phi) is 3.08. The van der Waals surface area contributed by atoms with E-state index in [1.54, 1.807) is 0 Å². The van der Waals surface area contributed by atoms with Crippen molar-refractivity contribution in [1.82, 2.24) is 9.78 Å². The van der Waals surface area contributed by atoms with E-state index in [1.165, 1.54) is 13.8 Å². The van der Waals surface area contributed by atoms with E-state index in [-0.39, 0.29) is 17.0 Å². The van der Waals surface area contributed by atoms with E-state index in [9.17, 15) is 18.0 Å². The molecule has 0 fully saturated rings. The summed E-state index contributed by atoms with van der Waals surface area (Å²) in [5.74, 6) is 0. The van der Waals surface area contributed by atoms with E-state index < -0.39 is 18.0 Å². The van der Waals surface area contributed by atoms with Gasteiger partial charge in [0.25, 0.3) is 5.24 Å². The van der Waals surface area contributed by atoms with Crippen LogP contribution in [0, 0.1) is 13.8 Å². The number of carbonyl (C=O) groups is 1. The summed E-state index contributed by atoms with van der Waals surface area (Å²) in [6.45, 7) is 1.60. The first-order valence-electron chi connectivity index (χ1n) is 4.03. The standard InChI is InChI=1S/C8H8ClF3N2O/c1-4-6(7(9)15)5(2)14(13-4)3-8(10,11)12/h3H2,1-2H3. The molecule has 0 bridgehead atoms. The average Bonchev–Trinajstić information content (AvgIpc) is 2.23. The highest BCUT2D eigenvalue weighted by Crippen LogP contribution is 2.21. The van der Waals surface area contributed by atoms with Crippen molar-refractivity contribution < 1.29 is 18.0 Å². The highest BCUT2D eigenvalue weighted by atomic mass is 35.5. The molecule has 0 aromatic carbocycles. The van der Waals surface area contributed by atoms with Crippen LogP contribution in [0.3, 0.4) is 0 Å². The van der Waals surface area contributed by atoms with Gasteiger partial charge in [0.2, 0.25) is 0 Å². The predicted octanol–water partition coefficient (Wildman–Crippen LogP) is 2.44. The van der Waals surface area contributed by atoms with Gasteiger partial charge in [-0.2, -0.15) is 18.3 Å². The second-order valence-corrected chi connectivity index (χ2v) is 3.44. The number of hydrogen-bond acceptors (Lipinski definition) is 2. The predicted molar refractivity (Wildman–Crippen MR) is 47.9 cm³/mol. The van der Waals surface area contributed by atoms with E-state index in [2.05, 4.69) is 5.10 Å². The van der Waals surface area contributed by atoms with Gasteiger partial charge in [0, 0.05) is 5.69 Å². The average molecular weight is 241 g/mol. The summed E-state index contributed by atoms with van der Waals surface area (Å²) >= 11 is 5.22. The van der Waals surface area contributed by atoms with Gasteiger partial charge >= 0.3 is 6.18 Å². The van der Waals surface area contributed by atoms with Crippen LogP contribution in [-0.2, 0) is 6.54 Å². The number of carbonyl (C=O) groups excluding carboxylic acids is 1.